The predicted octanol–water partition coefficient (Wildman–Crippen LogP) is 4.45. The molecule has 0 atom stereocenters. The minimum atomic E-state index is 0.284. The van der Waals surface area contributed by atoms with E-state index >= 15 is 0 Å². The molecule has 0 aliphatic heterocycles. The van der Waals surface area contributed by atoms with E-state index in [1.54, 1.807) is 30.6 Å². The third-order valence-electron chi connectivity index (χ3n) is 1.69. The fourth-order valence-corrected chi connectivity index (χ4v) is 1.98. The molecule has 2 rings (SSSR count). The zero-order chi connectivity index (χ0) is 11.5. The average molecular weight is 364 g/mol. The van der Waals surface area contributed by atoms with Gasteiger partial charge in [0.25, 0.3) is 0 Å². The Hall–Kier alpha value is -0.650. The van der Waals surface area contributed by atoms with E-state index in [1.165, 1.54) is 0 Å². The van der Waals surface area contributed by atoms with Crippen LogP contribution >= 0.6 is 43.5 Å². The third-order valence-corrected chi connectivity index (χ3v) is 2.96. The molecule has 0 saturated carbocycles. The zero-order valence-electron chi connectivity index (χ0n) is 7.82. The molecule has 0 radical (unpaired) electrons. The van der Waals surface area contributed by atoms with Crippen molar-refractivity contribution in [2.75, 3.05) is 0 Å². The lowest BCUT2D eigenvalue weighted by Gasteiger charge is -2.05. The Morgan fingerprint density at radius 2 is 1.81 bits per heavy atom. The first kappa shape index (κ1) is 11.8. The Bertz CT molecular complexity index is 505. The second kappa shape index (κ2) is 5.12. The van der Waals surface area contributed by atoms with Gasteiger partial charge in [0.1, 0.15) is 5.75 Å². The van der Waals surface area contributed by atoms with E-state index < -0.39 is 0 Å². The largest absolute Gasteiger partial charge is 0.423 e. The Morgan fingerprint density at radius 1 is 1.12 bits per heavy atom. The molecule has 2 aromatic rings. The predicted molar refractivity (Wildman–Crippen MR) is 69.0 cm³/mol. The molecule has 0 aliphatic rings. The highest BCUT2D eigenvalue weighted by molar-refractivity contribution is 9.10. The second-order valence-corrected chi connectivity index (χ2v) is 5.07. The van der Waals surface area contributed by atoms with Crippen LogP contribution in [-0.2, 0) is 0 Å². The van der Waals surface area contributed by atoms with Crippen molar-refractivity contribution >= 4 is 43.5 Å². The van der Waals surface area contributed by atoms with Crippen LogP contribution in [0, 0.1) is 0 Å². The molecule has 0 saturated heterocycles. The van der Waals surface area contributed by atoms with E-state index in [2.05, 4.69) is 41.8 Å². The molecular formula is C10H5Br2ClN2O. The summed E-state index contributed by atoms with van der Waals surface area (Å²) in [6.07, 6.45) is 3.23. The fourth-order valence-electron chi connectivity index (χ4n) is 1.01. The monoisotopic (exact) mass is 362 g/mol. The van der Waals surface area contributed by atoms with Crippen LogP contribution in [0.25, 0.3) is 0 Å². The fraction of sp³-hybridized carbons (Fsp3) is 0. The molecule has 0 spiro atoms. The molecule has 3 nitrogen and oxygen atoms in total. The molecule has 0 amide bonds. The Morgan fingerprint density at radius 3 is 2.44 bits per heavy atom. The van der Waals surface area contributed by atoms with E-state index in [0.717, 1.165) is 8.95 Å². The molecular weight excluding hydrogens is 359 g/mol. The molecule has 0 N–H and O–H groups in total. The third kappa shape index (κ3) is 2.93. The van der Waals surface area contributed by atoms with E-state index in [1.807, 2.05) is 0 Å². The van der Waals surface area contributed by atoms with Gasteiger partial charge in [0.05, 0.1) is 8.95 Å². The smallest absolute Gasteiger partial charge is 0.321 e. The van der Waals surface area contributed by atoms with Gasteiger partial charge < -0.3 is 4.74 Å². The molecule has 6 heteroatoms. The maximum Gasteiger partial charge on any atom is 0.321 e. The highest BCUT2D eigenvalue weighted by Gasteiger charge is 2.05. The lowest BCUT2D eigenvalue weighted by Crippen LogP contribution is -1.91. The number of rotatable bonds is 2. The highest BCUT2D eigenvalue weighted by Crippen LogP contribution is 2.30. The van der Waals surface area contributed by atoms with Gasteiger partial charge in [-0.3, -0.25) is 0 Å². The summed E-state index contributed by atoms with van der Waals surface area (Å²) in [7, 11) is 0. The van der Waals surface area contributed by atoms with Crippen LogP contribution < -0.4 is 4.74 Å². The van der Waals surface area contributed by atoms with Gasteiger partial charge in [-0.05, 0) is 50.1 Å². The highest BCUT2D eigenvalue weighted by atomic mass is 79.9. The van der Waals surface area contributed by atoms with Crippen molar-refractivity contribution in [2.45, 2.75) is 0 Å². The van der Waals surface area contributed by atoms with Gasteiger partial charge in [-0.15, -0.1) is 0 Å². The van der Waals surface area contributed by atoms with Gasteiger partial charge in [0, 0.05) is 17.4 Å². The molecule has 1 heterocycles. The molecule has 82 valence electrons. The normalized spacial score (nSPS) is 10.2. The van der Waals surface area contributed by atoms with Crippen molar-refractivity contribution in [1.29, 1.82) is 0 Å². The first-order valence-electron chi connectivity index (χ1n) is 4.25. The number of hydrogen-bond acceptors (Lipinski definition) is 3. The van der Waals surface area contributed by atoms with E-state index in [9.17, 15) is 0 Å². The molecule has 0 fully saturated rings. The lowest BCUT2D eigenvalue weighted by molar-refractivity contribution is 0.439. The quantitative estimate of drug-likeness (QED) is 0.790. The topological polar surface area (TPSA) is 35.0 Å². The molecule has 1 aromatic heterocycles. The zero-order valence-corrected chi connectivity index (χ0v) is 11.8. The maximum atomic E-state index is 5.82. The molecule has 0 bridgehead atoms. The second-order valence-electron chi connectivity index (χ2n) is 2.86. The number of nitrogens with zero attached hydrogens (tertiary/aromatic N) is 2. The van der Waals surface area contributed by atoms with Crippen molar-refractivity contribution in [3.63, 3.8) is 0 Å². The maximum absolute atomic E-state index is 5.82. The summed E-state index contributed by atoms with van der Waals surface area (Å²) in [6, 6.07) is 5.51. The first-order chi connectivity index (χ1) is 7.65. The number of hydrogen-bond donors (Lipinski definition) is 0. The number of ether oxygens (including phenoxy) is 1. The molecule has 16 heavy (non-hydrogen) atoms. The van der Waals surface area contributed by atoms with Gasteiger partial charge >= 0.3 is 6.01 Å². The Labute approximate surface area is 114 Å². The Balaban J connectivity index is 2.23. The SMILES string of the molecule is Clc1ccc(Oc2ncc(Br)cn2)c(Br)c1. The lowest BCUT2D eigenvalue weighted by atomic mass is 10.3. The number of aromatic nitrogens is 2. The van der Waals surface area contributed by atoms with Gasteiger partial charge in [-0.1, -0.05) is 11.6 Å². The summed E-state index contributed by atoms with van der Waals surface area (Å²) in [5, 5.41) is 0.635. The van der Waals surface area contributed by atoms with Crippen molar-refractivity contribution in [1.82, 2.24) is 9.97 Å². The van der Waals surface area contributed by atoms with Crippen LogP contribution in [-0.4, -0.2) is 9.97 Å². The summed E-state index contributed by atoms with van der Waals surface area (Å²) >= 11 is 12.4. The van der Waals surface area contributed by atoms with Crippen LogP contribution in [0.4, 0.5) is 0 Å². The summed E-state index contributed by atoms with van der Waals surface area (Å²) in [6.45, 7) is 0. The summed E-state index contributed by atoms with van der Waals surface area (Å²) in [5.41, 5.74) is 0. The molecule has 0 unspecified atom stereocenters. The minimum Gasteiger partial charge on any atom is -0.423 e. The van der Waals surface area contributed by atoms with Crippen LogP contribution in [0.3, 0.4) is 0 Å². The average Bonchev–Trinajstić information content (AvgIpc) is 2.25. The van der Waals surface area contributed by atoms with Crippen LogP contribution in [0.2, 0.25) is 5.02 Å². The van der Waals surface area contributed by atoms with Gasteiger partial charge in [-0.2, -0.15) is 0 Å². The molecule has 0 aliphatic carbocycles. The summed E-state index contributed by atoms with van der Waals surface area (Å²) < 4.78 is 7.03. The van der Waals surface area contributed by atoms with E-state index in [0.29, 0.717) is 10.8 Å². The van der Waals surface area contributed by atoms with Gasteiger partial charge in [0.2, 0.25) is 0 Å². The number of benzene rings is 1. The van der Waals surface area contributed by atoms with Crippen molar-refractivity contribution in [2.24, 2.45) is 0 Å². The molecule has 1 aromatic carbocycles. The van der Waals surface area contributed by atoms with Crippen LogP contribution in [0.5, 0.6) is 11.8 Å². The van der Waals surface area contributed by atoms with Gasteiger partial charge in [-0.25, -0.2) is 9.97 Å². The minimum absolute atomic E-state index is 0.284. The van der Waals surface area contributed by atoms with Crippen molar-refractivity contribution in [3.8, 4) is 11.8 Å². The summed E-state index contributed by atoms with van der Waals surface area (Å²) in [4.78, 5) is 8.01. The standard InChI is InChI=1S/C10H5Br2ClN2O/c11-6-4-14-10(15-5-6)16-9-2-1-7(13)3-8(9)12/h1-5H. The number of halogens is 3. The summed E-state index contributed by atoms with van der Waals surface area (Å²) in [5.74, 6) is 0.617. The van der Waals surface area contributed by atoms with Crippen LogP contribution in [0.1, 0.15) is 0 Å². The van der Waals surface area contributed by atoms with Crippen LogP contribution in [0.15, 0.2) is 39.5 Å². The van der Waals surface area contributed by atoms with E-state index in [-0.39, 0.29) is 6.01 Å². The van der Waals surface area contributed by atoms with Crippen molar-refractivity contribution < 1.29 is 4.74 Å². The van der Waals surface area contributed by atoms with Crippen molar-refractivity contribution in [3.05, 3.63) is 44.6 Å². The van der Waals surface area contributed by atoms with E-state index in [4.69, 9.17) is 16.3 Å². The first-order valence-corrected chi connectivity index (χ1v) is 6.22. The Kier molecular flexibility index (Phi) is 3.78. The van der Waals surface area contributed by atoms with Gasteiger partial charge in [0.15, 0.2) is 0 Å².